The molecule has 0 fully saturated rings. The largest absolute Gasteiger partial charge is 0.355 e. The molecule has 28 heavy (non-hydrogen) atoms. The van der Waals surface area contributed by atoms with Crippen LogP contribution in [0, 0.1) is 0 Å². The minimum atomic E-state index is -3.37. The van der Waals surface area contributed by atoms with Crippen LogP contribution in [0.4, 0.5) is 0 Å². The van der Waals surface area contributed by atoms with Gasteiger partial charge in [0.25, 0.3) is 0 Å². The van der Waals surface area contributed by atoms with Gasteiger partial charge in [-0.1, -0.05) is 54.1 Å². The van der Waals surface area contributed by atoms with E-state index in [0.717, 1.165) is 11.1 Å². The Kier molecular flexibility index (Phi) is 10.8. The zero-order chi connectivity index (χ0) is 19.7. The third-order valence-electron chi connectivity index (χ3n) is 3.90. The van der Waals surface area contributed by atoms with Crippen molar-refractivity contribution in [3.8, 4) is 0 Å². The molecule has 0 saturated heterocycles. The molecule has 0 bridgehead atoms. The minimum Gasteiger partial charge on any atom is -0.355 e. The average molecular weight is 537 g/mol. The van der Waals surface area contributed by atoms with Crippen LogP contribution in [0.2, 0.25) is 5.02 Å². The molecule has 9 heteroatoms. The van der Waals surface area contributed by atoms with Crippen LogP contribution < -0.4 is 10.0 Å². The number of rotatable bonds is 8. The molecule has 0 saturated carbocycles. The highest BCUT2D eigenvalue weighted by Crippen LogP contribution is 2.11. The maximum absolute atomic E-state index is 12.1. The first-order chi connectivity index (χ1) is 12.9. The summed E-state index contributed by atoms with van der Waals surface area (Å²) in [4.78, 5) is 6.13. The van der Waals surface area contributed by atoms with Gasteiger partial charge >= 0.3 is 0 Å². The van der Waals surface area contributed by atoms with Crippen molar-refractivity contribution in [1.29, 1.82) is 0 Å². The summed E-state index contributed by atoms with van der Waals surface area (Å²) >= 11 is 5.90. The maximum Gasteiger partial charge on any atom is 0.213 e. The van der Waals surface area contributed by atoms with E-state index in [4.69, 9.17) is 11.6 Å². The van der Waals surface area contributed by atoms with Crippen molar-refractivity contribution in [2.45, 2.75) is 13.1 Å². The van der Waals surface area contributed by atoms with Gasteiger partial charge in [0.15, 0.2) is 5.96 Å². The monoisotopic (exact) mass is 536 g/mol. The fraction of sp³-hybridized carbons (Fsp3) is 0.316. The Morgan fingerprint density at radius 1 is 1.07 bits per heavy atom. The Morgan fingerprint density at radius 3 is 2.32 bits per heavy atom. The van der Waals surface area contributed by atoms with Crippen molar-refractivity contribution in [3.05, 3.63) is 70.7 Å². The summed E-state index contributed by atoms with van der Waals surface area (Å²) in [6.45, 7) is 1.19. The van der Waals surface area contributed by atoms with Crippen LogP contribution in [0.25, 0.3) is 0 Å². The Labute approximate surface area is 189 Å². The quantitative estimate of drug-likeness (QED) is 0.309. The molecule has 0 aromatic heterocycles. The van der Waals surface area contributed by atoms with Crippen LogP contribution in [0.1, 0.15) is 11.1 Å². The molecule has 0 atom stereocenters. The first-order valence-corrected chi connectivity index (χ1v) is 10.6. The van der Waals surface area contributed by atoms with Gasteiger partial charge in [-0.15, -0.1) is 24.0 Å². The lowest BCUT2D eigenvalue weighted by atomic mass is 10.2. The third kappa shape index (κ3) is 8.76. The van der Waals surface area contributed by atoms with E-state index < -0.39 is 10.0 Å². The average Bonchev–Trinajstić information content (AvgIpc) is 2.66. The second kappa shape index (κ2) is 12.3. The SMILES string of the molecule is CN=C(NCCS(=O)(=O)NCc1ccccc1)N(C)Cc1ccc(Cl)cc1.I. The van der Waals surface area contributed by atoms with Crippen molar-refractivity contribution in [3.63, 3.8) is 0 Å². The number of nitrogens with zero attached hydrogens (tertiary/aromatic N) is 2. The van der Waals surface area contributed by atoms with Crippen LogP contribution >= 0.6 is 35.6 Å². The minimum absolute atomic E-state index is 0. The lowest BCUT2D eigenvalue weighted by molar-refractivity contribution is 0.478. The van der Waals surface area contributed by atoms with Crippen LogP contribution in [-0.2, 0) is 23.1 Å². The molecule has 0 unspecified atom stereocenters. The molecule has 0 aliphatic heterocycles. The molecule has 0 amide bonds. The number of hydrogen-bond donors (Lipinski definition) is 2. The van der Waals surface area contributed by atoms with Gasteiger partial charge in [0.05, 0.1) is 5.75 Å². The van der Waals surface area contributed by atoms with Crippen LogP contribution in [-0.4, -0.2) is 45.7 Å². The van der Waals surface area contributed by atoms with E-state index in [1.807, 2.05) is 66.5 Å². The second-order valence-electron chi connectivity index (χ2n) is 6.08. The predicted molar refractivity (Wildman–Crippen MR) is 127 cm³/mol. The maximum atomic E-state index is 12.1. The van der Waals surface area contributed by atoms with Gasteiger partial charge in [0, 0.05) is 38.8 Å². The van der Waals surface area contributed by atoms with Crippen LogP contribution in [0.15, 0.2) is 59.6 Å². The summed E-state index contributed by atoms with van der Waals surface area (Å²) in [5, 5.41) is 3.78. The van der Waals surface area contributed by atoms with E-state index in [0.29, 0.717) is 17.5 Å². The second-order valence-corrected chi connectivity index (χ2v) is 8.44. The van der Waals surface area contributed by atoms with Crippen molar-refractivity contribution in [1.82, 2.24) is 14.9 Å². The molecule has 6 nitrogen and oxygen atoms in total. The normalized spacial score (nSPS) is 11.6. The van der Waals surface area contributed by atoms with E-state index in [2.05, 4.69) is 15.0 Å². The predicted octanol–water partition coefficient (Wildman–Crippen LogP) is 3.08. The van der Waals surface area contributed by atoms with E-state index >= 15 is 0 Å². The summed E-state index contributed by atoms with van der Waals surface area (Å²) in [7, 11) is 0.191. The summed E-state index contributed by atoms with van der Waals surface area (Å²) in [6.07, 6.45) is 0. The number of nitrogens with one attached hydrogen (secondary N) is 2. The molecule has 0 heterocycles. The van der Waals surface area contributed by atoms with Gasteiger partial charge in [0.2, 0.25) is 10.0 Å². The van der Waals surface area contributed by atoms with E-state index in [1.165, 1.54) is 0 Å². The number of guanidine groups is 1. The summed E-state index contributed by atoms with van der Waals surface area (Å²) in [5.74, 6) is 0.594. The molecule has 0 radical (unpaired) electrons. The molecule has 0 spiro atoms. The van der Waals surface area contributed by atoms with Crippen LogP contribution in [0.3, 0.4) is 0 Å². The topological polar surface area (TPSA) is 73.8 Å². The van der Waals surface area contributed by atoms with Crippen molar-refractivity contribution >= 4 is 51.6 Å². The fourth-order valence-corrected chi connectivity index (χ4v) is 3.51. The molecular formula is C19H26ClIN4O2S. The lowest BCUT2D eigenvalue weighted by Gasteiger charge is -2.22. The molecule has 2 aromatic rings. The number of hydrogen-bond acceptors (Lipinski definition) is 3. The van der Waals surface area contributed by atoms with Crippen molar-refractivity contribution in [2.75, 3.05) is 26.4 Å². The number of sulfonamides is 1. The van der Waals surface area contributed by atoms with Gasteiger partial charge < -0.3 is 10.2 Å². The number of benzene rings is 2. The summed E-state index contributed by atoms with van der Waals surface area (Å²) in [5.41, 5.74) is 2.01. The number of aliphatic imine (C=N–C) groups is 1. The lowest BCUT2D eigenvalue weighted by Crippen LogP contribution is -2.41. The van der Waals surface area contributed by atoms with Gasteiger partial charge in [-0.25, -0.2) is 13.1 Å². The molecular weight excluding hydrogens is 511 g/mol. The number of halogens is 2. The zero-order valence-corrected chi connectivity index (χ0v) is 19.8. The van der Waals surface area contributed by atoms with E-state index in [1.54, 1.807) is 7.05 Å². The Bertz CT molecular complexity index is 846. The standard InChI is InChI=1S/C19H25ClN4O2S.HI/c1-21-19(24(2)15-17-8-10-18(20)11-9-17)22-12-13-27(25,26)23-14-16-6-4-3-5-7-16;/h3-11,23H,12-15H2,1-2H3,(H,21,22);1H. The highest BCUT2D eigenvalue weighted by atomic mass is 127. The Hall–Kier alpha value is -1.36. The molecule has 0 aliphatic carbocycles. The van der Waals surface area contributed by atoms with Crippen molar-refractivity contribution < 1.29 is 8.42 Å². The highest BCUT2D eigenvalue weighted by molar-refractivity contribution is 14.0. The Morgan fingerprint density at radius 2 is 1.71 bits per heavy atom. The third-order valence-corrected chi connectivity index (χ3v) is 5.48. The molecule has 2 N–H and O–H groups in total. The summed E-state index contributed by atoms with van der Waals surface area (Å²) < 4.78 is 26.9. The smallest absolute Gasteiger partial charge is 0.213 e. The van der Waals surface area contributed by atoms with Crippen molar-refractivity contribution in [2.24, 2.45) is 4.99 Å². The van der Waals surface area contributed by atoms with E-state index in [9.17, 15) is 8.42 Å². The first kappa shape index (κ1) is 24.7. The van der Waals surface area contributed by atoms with E-state index in [-0.39, 0.29) is 42.8 Å². The first-order valence-electron chi connectivity index (χ1n) is 8.57. The van der Waals surface area contributed by atoms with Gasteiger partial charge in [-0.3, -0.25) is 4.99 Å². The Balaban J connectivity index is 0.00000392. The molecule has 0 aliphatic rings. The van der Waals surface area contributed by atoms with Gasteiger partial charge in [-0.2, -0.15) is 0 Å². The zero-order valence-electron chi connectivity index (χ0n) is 15.9. The molecule has 154 valence electrons. The van der Waals surface area contributed by atoms with Gasteiger partial charge in [0.1, 0.15) is 0 Å². The van der Waals surface area contributed by atoms with Crippen LogP contribution in [0.5, 0.6) is 0 Å². The van der Waals surface area contributed by atoms with Gasteiger partial charge in [-0.05, 0) is 23.3 Å². The molecule has 2 aromatic carbocycles. The summed E-state index contributed by atoms with van der Waals surface area (Å²) in [6, 6.07) is 17.0. The fourth-order valence-electron chi connectivity index (χ4n) is 2.48. The highest BCUT2D eigenvalue weighted by Gasteiger charge is 2.12. The molecule has 2 rings (SSSR count).